The third-order valence-corrected chi connectivity index (χ3v) is 4.04. The van der Waals surface area contributed by atoms with Crippen LogP contribution < -0.4 is 11.1 Å². The molecule has 0 aromatic heterocycles. The molecule has 1 atom stereocenters. The fourth-order valence-corrected chi connectivity index (χ4v) is 2.67. The van der Waals surface area contributed by atoms with Gasteiger partial charge in [0.05, 0.1) is 0 Å². The first-order valence-electron chi connectivity index (χ1n) is 7.37. The predicted molar refractivity (Wildman–Crippen MR) is 87.6 cm³/mol. The van der Waals surface area contributed by atoms with E-state index < -0.39 is 0 Å². The minimum Gasteiger partial charge on any atom is -0.399 e. The third-order valence-electron chi connectivity index (χ3n) is 4.04. The molecule has 1 heterocycles. The molecule has 1 unspecified atom stereocenters. The summed E-state index contributed by atoms with van der Waals surface area (Å²) in [5.41, 5.74) is 7.68. The lowest BCUT2D eigenvalue weighted by molar-refractivity contribution is -0.122. The lowest BCUT2D eigenvalue weighted by Gasteiger charge is -2.28. The van der Waals surface area contributed by atoms with E-state index in [1.807, 2.05) is 24.3 Å². The van der Waals surface area contributed by atoms with Gasteiger partial charge in [-0.15, -0.1) is 12.4 Å². The molecule has 3 N–H and O–H groups in total. The number of halogens is 1. The Balaban J connectivity index is 0.00000220. The van der Waals surface area contributed by atoms with Crippen molar-refractivity contribution < 1.29 is 9.53 Å². The van der Waals surface area contributed by atoms with Crippen molar-refractivity contribution >= 4 is 24.0 Å². The Morgan fingerprint density at radius 2 is 2.05 bits per heavy atom. The molecular formula is C16H25ClN2O2. The van der Waals surface area contributed by atoms with Crippen LogP contribution in [0.15, 0.2) is 24.3 Å². The number of rotatable bonds is 5. The molecule has 1 aliphatic heterocycles. The normalized spacial score (nSPS) is 16.8. The van der Waals surface area contributed by atoms with Gasteiger partial charge in [0.15, 0.2) is 0 Å². The molecule has 2 rings (SSSR count). The quantitative estimate of drug-likeness (QED) is 0.821. The van der Waals surface area contributed by atoms with Crippen molar-refractivity contribution in [3.63, 3.8) is 0 Å². The van der Waals surface area contributed by atoms with Crippen LogP contribution in [0.25, 0.3) is 0 Å². The first-order chi connectivity index (χ1) is 9.66. The largest absolute Gasteiger partial charge is 0.399 e. The molecule has 1 aliphatic rings. The van der Waals surface area contributed by atoms with Crippen molar-refractivity contribution in [3.8, 4) is 0 Å². The Kier molecular flexibility index (Phi) is 7.54. The number of amides is 1. The number of nitrogens with one attached hydrogen (secondary N) is 1. The molecule has 0 spiro atoms. The SMILES string of the molecule is CC(NC(=O)CCc1ccccc1N)C1CCOCC1.Cl. The second-order valence-electron chi connectivity index (χ2n) is 5.50. The van der Waals surface area contributed by atoms with E-state index in [4.69, 9.17) is 10.5 Å². The zero-order valence-electron chi connectivity index (χ0n) is 12.5. The van der Waals surface area contributed by atoms with Gasteiger partial charge in [-0.1, -0.05) is 18.2 Å². The first kappa shape index (κ1) is 17.8. The monoisotopic (exact) mass is 312 g/mol. The summed E-state index contributed by atoms with van der Waals surface area (Å²) >= 11 is 0. The summed E-state index contributed by atoms with van der Waals surface area (Å²) in [7, 11) is 0. The third kappa shape index (κ3) is 5.56. The number of hydrogen-bond acceptors (Lipinski definition) is 3. The van der Waals surface area contributed by atoms with Gasteiger partial charge in [-0.3, -0.25) is 4.79 Å². The summed E-state index contributed by atoms with van der Waals surface area (Å²) in [5, 5.41) is 3.10. The number of anilines is 1. The number of benzene rings is 1. The van der Waals surface area contributed by atoms with Gasteiger partial charge >= 0.3 is 0 Å². The van der Waals surface area contributed by atoms with E-state index in [1.54, 1.807) is 0 Å². The lowest BCUT2D eigenvalue weighted by Crippen LogP contribution is -2.40. The molecule has 1 amide bonds. The number of para-hydroxylation sites is 1. The Labute approximate surface area is 132 Å². The van der Waals surface area contributed by atoms with Crippen LogP contribution in [-0.2, 0) is 16.0 Å². The van der Waals surface area contributed by atoms with Crippen LogP contribution in [0, 0.1) is 5.92 Å². The number of carbonyl (C=O) groups excluding carboxylic acids is 1. The van der Waals surface area contributed by atoms with Crippen molar-refractivity contribution in [3.05, 3.63) is 29.8 Å². The number of ether oxygens (including phenoxy) is 1. The second-order valence-corrected chi connectivity index (χ2v) is 5.50. The zero-order chi connectivity index (χ0) is 14.4. The molecule has 1 aromatic rings. The Bertz CT molecular complexity index is 448. The maximum atomic E-state index is 12.0. The summed E-state index contributed by atoms with van der Waals surface area (Å²) < 4.78 is 5.35. The number of nitrogen functional groups attached to an aromatic ring is 1. The Morgan fingerprint density at radius 1 is 1.38 bits per heavy atom. The van der Waals surface area contributed by atoms with Crippen LogP contribution in [0.3, 0.4) is 0 Å². The molecule has 118 valence electrons. The highest BCUT2D eigenvalue weighted by Gasteiger charge is 2.21. The second kappa shape index (κ2) is 8.90. The minimum absolute atomic E-state index is 0. The lowest BCUT2D eigenvalue weighted by atomic mass is 9.93. The van der Waals surface area contributed by atoms with Crippen molar-refractivity contribution in [2.24, 2.45) is 5.92 Å². The summed E-state index contributed by atoms with van der Waals surface area (Å²) in [6, 6.07) is 7.93. The van der Waals surface area contributed by atoms with Gasteiger partial charge in [0.1, 0.15) is 0 Å². The highest BCUT2D eigenvalue weighted by molar-refractivity contribution is 5.85. The molecule has 0 saturated carbocycles. The van der Waals surface area contributed by atoms with Gasteiger partial charge in [0.25, 0.3) is 0 Å². The van der Waals surface area contributed by atoms with Gasteiger partial charge in [-0.05, 0) is 43.7 Å². The summed E-state index contributed by atoms with van der Waals surface area (Å²) in [5.74, 6) is 0.640. The molecule has 0 bridgehead atoms. The van der Waals surface area contributed by atoms with E-state index >= 15 is 0 Å². The molecule has 0 radical (unpaired) electrons. The van der Waals surface area contributed by atoms with Gasteiger partial charge in [0, 0.05) is 31.4 Å². The average molecular weight is 313 g/mol. The van der Waals surface area contributed by atoms with E-state index in [0.29, 0.717) is 18.8 Å². The maximum absolute atomic E-state index is 12.0. The van der Waals surface area contributed by atoms with Gasteiger partial charge in [-0.25, -0.2) is 0 Å². The molecule has 4 nitrogen and oxygen atoms in total. The highest BCUT2D eigenvalue weighted by Crippen LogP contribution is 2.19. The van der Waals surface area contributed by atoms with E-state index in [-0.39, 0.29) is 24.4 Å². The molecule has 1 saturated heterocycles. The van der Waals surface area contributed by atoms with E-state index in [9.17, 15) is 4.79 Å². The van der Waals surface area contributed by atoms with E-state index in [0.717, 1.165) is 37.3 Å². The minimum atomic E-state index is 0. The number of hydrogen-bond donors (Lipinski definition) is 2. The molecular weight excluding hydrogens is 288 g/mol. The fraction of sp³-hybridized carbons (Fsp3) is 0.562. The topological polar surface area (TPSA) is 64.4 Å². The van der Waals surface area contributed by atoms with Gasteiger partial charge in [0.2, 0.25) is 5.91 Å². The van der Waals surface area contributed by atoms with Crippen molar-refractivity contribution in [2.75, 3.05) is 18.9 Å². The van der Waals surface area contributed by atoms with Crippen molar-refractivity contribution in [1.29, 1.82) is 0 Å². The molecule has 0 aliphatic carbocycles. The van der Waals surface area contributed by atoms with Crippen LogP contribution >= 0.6 is 12.4 Å². The summed E-state index contributed by atoms with van der Waals surface area (Å²) in [4.78, 5) is 12.0. The average Bonchev–Trinajstić information content (AvgIpc) is 2.47. The van der Waals surface area contributed by atoms with Crippen LogP contribution in [0.2, 0.25) is 0 Å². The molecule has 5 heteroatoms. The zero-order valence-corrected chi connectivity index (χ0v) is 13.3. The predicted octanol–water partition coefficient (Wildman–Crippen LogP) is 2.55. The number of carbonyl (C=O) groups is 1. The van der Waals surface area contributed by atoms with E-state index in [1.165, 1.54) is 0 Å². The summed E-state index contributed by atoms with van der Waals surface area (Å²) in [6.07, 6.45) is 3.25. The fourth-order valence-electron chi connectivity index (χ4n) is 2.67. The van der Waals surface area contributed by atoms with Crippen molar-refractivity contribution in [1.82, 2.24) is 5.32 Å². The van der Waals surface area contributed by atoms with Crippen LogP contribution in [0.4, 0.5) is 5.69 Å². The van der Waals surface area contributed by atoms with Gasteiger partial charge in [-0.2, -0.15) is 0 Å². The number of aryl methyl sites for hydroxylation is 1. The van der Waals surface area contributed by atoms with Crippen LogP contribution in [0.1, 0.15) is 31.7 Å². The standard InChI is InChI=1S/C16H24N2O2.ClH/c1-12(13-8-10-20-11-9-13)18-16(19)7-6-14-4-2-3-5-15(14)17;/h2-5,12-13H,6-11,17H2,1H3,(H,18,19);1H. The number of nitrogens with two attached hydrogens (primary N) is 1. The highest BCUT2D eigenvalue weighted by atomic mass is 35.5. The van der Waals surface area contributed by atoms with Crippen molar-refractivity contribution in [2.45, 2.75) is 38.6 Å². The molecule has 1 fully saturated rings. The molecule has 1 aromatic carbocycles. The maximum Gasteiger partial charge on any atom is 0.220 e. The van der Waals surface area contributed by atoms with Crippen LogP contribution in [0.5, 0.6) is 0 Å². The molecule has 21 heavy (non-hydrogen) atoms. The van der Waals surface area contributed by atoms with Crippen LogP contribution in [-0.4, -0.2) is 25.2 Å². The smallest absolute Gasteiger partial charge is 0.220 e. The summed E-state index contributed by atoms with van der Waals surface area (Å²) in [6.45, 7) is 3.71. The Hall–Kier alpha value is -1.26. The first-order valence-corrected chi connectivity index (χ1v) is 7.37. The Morgan fingerprint density at radius 3 is 2.71 bits per heavy atom. The van der Waals surface area contributed by atoms with Gasteiger partial charge < -0.3 is 15.8 Å². The van der Waals surface area contributed by atoms with E-state index in [2.05, 4.69) is 12.2 Å².